The summed E-state index contributed by atoms with van der Waals surface area (Å²) in [4.78, 5) is 14.3. The molecule has 0 spiro atoms. The minimum atomic E-state index is -0.333. The Labute approximate surface area is 177 Å². The molecule has 1 aliphatic heterocycles. The van der Waals surface area contributed by atoms with Crippen LogP contribution in [0.25, 0.3) is 11.0 Å². The summed E-state index contributed by atoms with van der Waals surface area (Å²) in [5.41, 5.74) is 4.27. The second kappa shape index (κ2) is 7.80. The van der Waals surface area contributed by atoms with E-state index in [-0.39, 0.29) is 5.63 Å². The van der Waals surface area contributed by atoms with E-state index < -0.39 is 0 Å². The number of unbranched alkanes of at least 4 members (excludes halogenated alkanes) is 1. The highest BCUT2D eigenvalue weighted by Crippen LogP contribution is 2.41. The van der Waals surface area contributed by atoms with Crippen LogP contribution in [0.15, 0.2) is 44.0 Å². The molecular formula is C22H21BrClNO3. The maximum atomic E-state index is 12.2. The van der Waals surface area contributed by atoms with Crippen LogP contribution in [0.4, 0.5) is 5.69 Å². The Morgan fingerprint density at radius 1 is 1.25 bits per heavy atom. The number of benzene rings is 2. The zero-order valence-corrected chi connectivity index (χ0v) is 18.2. The molecule has 0 radical (unpaired) electrons. The zero-order valence-electron chi connectivity index (χ0n) is 15.9. The molecular weight excluding hydrogens is 442 g/mol. The van der Waals surface area contributed by atoms with Crippen molar-refractivity contribution < 1.29 is 9.15 Å². The van der Waals surface area contributed by atoms with E-state index in [1.54, 1.807) is 6.07 Å². The Hall–Kier alpha value is -1.98. The molecule has 4 nitrogen and oxygen atoms in total. The Morgan fingerprint density at radius 3 is 2.82 bits per heavy atom. The Balaban J connectivity index is 1.84. The first-order valence-electron chi connectivity index (χ1n) is 9.40. The molecule has 0 fully saturated rings. The lowest BCUT2D eigenvalue weighted by atomic mass is 10.0. The van der Waals surface area contributed by atoms with Crippen LogP contribution in [0, 0.1) is 6.92 Å². The Morgan fingerprint density at radius 2 is 2.07 bits per heavy atom. The summed E-state index contributed by atoms with van der Waals surface area (Å²) in [7, 11) is 0. The van der Waals surface area contributed by atoms with Gasteiger partial charge in [-0.05, 0) is 55.2 Å². The smallest absolute Gasteiger partial charge is 0.336 e. The molecule has 0 amide bonds. The van der Waals surface area contributed by atoms with Gasteiger partial charge in [0.1, 0.15) is 11.3 Å². The predicted molar refractivity (Wildman–Crippen MR) is 117 cm³/mol. The lowest BCUT2D eigenvalue weighted by Gasteiger charge is -2.32. The Bertz CT molecular complexity index is 1110. The fourth-order valence-corrected chi connectivity index (χ4v) is 4.51. The van der Waals surface area contributed by atoms with Crippen LogP contribution in [0.1, 0.15) is 36.5 Å². The van der Waals surface area contributed by atoms with Gasteiger partial charge in [-0.3, -0.25) is 0 Å². The third-order valence-electron chi connectivity index (χ3n) is 5.13. The average Bonchev–Trinajstić information content (AvgIpc) is 2.67. The maximum Gasteiger partial charge on any atom is 0.336 e. The van der Waals surface area contributed by atoms with Gasteiger partial charge in [0.25, 0.3) is 0 Å². The van der Waals surface area contributed by atoms with Crippen LogP contribution >= 0.6 is 27.5 Å². The standard InChI is InChI=1S/C22H21BrClNO3/c1-3-4-5-14-9-20(26)28-21-16(14)10-18(24)22-17(21)11-25(12-27-22)19-7-6-15(23)8-13(19)2/h6-10H,3-5,11-12H2,1-2H3. The Kier molecular flexibility index (Phi) is 5.39. The summed E-state index contributed by atoms with van der Waals surface area (Å²) in [5.74, 6) is 0.607. The molecule has 28 heavy (non-hydrogen) atoms. The van der Waals surface area contributed by atoms with E-state index in [4.69, 9.17) is 20.8 Å². The highest BCUT2D eigenvalue weighted by atomic mass is 79.9. The predicted octanol–water partition coefficient (Wildman–Crippen LogP) is 6.22. The lowest BCUT2D eigenvalue weighted by molar-refractivity contribution is 0.289. The van der Waals surface area contributed by atoms with Crippen LogP contribution in [-0.2, 0) is 13.0 Å². The highest BCUT2D eigenvalue weighted by Gasteiger charge is 2.26. The van der Waals surface area contributed by atoms with Crippen LogP contribution in [0.2, 0.25) is 5.02 Å². The van der Waals surface area contributed by atoms with Crippen molar-refractivity contribution in [2.45, 2.75) is 39.7 Å². The van der Waals surface area contributed by atoms with Crippen molar-refractivity contribution in [3.63, 3.8) is 0 Å². The third-order valence-corrected chi connectivity index (χ3v) is 5.91. The van der Waals surface area contributed by atoms with Gasteiger partial charge in [0.2, 0.25) is 0 Å². The van der Waals surface area contributed by atoms with E-state index in [1.165, 1.54) is 0 Å². The van der Waals surface area contributed by atoms with Gasteiger partial charge < -0.3 is 14.1 Å². The molecule has 4 rings (SSSR count). The van der Waals surface area contributed by atoms with Gasteiger partial charge in [-0.2, -0.15) is 0 Å². The molecule has 0 unspecified atom stereocenters. The number of hydrogen-bond acceptors (Lipinski definition) is 4. The van der Waals surface area contributed by atoms with E-state index >= 15 is 0 Å². The number of anilines is 1. The molecule has 0 atom stereocenters. The quantitative estimate of drug-likeness (QED) is 0.432. The van der Waals surface area contributed by atoms with Gasteiger partial charge in [0, 0.05) is 21.6 Å². The van der Waals surface area contributed by atoms with E-state index in [9.17, 15) is 4.79 Å². The summed E-state index contributed by atoms with van der Waals surface area (Å²) < 4.78 is 12.7. The first kappa shape index (κ1) is 19.3. The van der Waals surface area contributed by atoms with E-state index in [2.05, 4.69) is 46.8 Å². The molecule has 0 N–H and O–H groups in total. The SMILES string of the molecule is CCCCc1cc(=O)oc2c3c(c(Cl)cc12)OCN(c1ccc(Br)cc1C)C3. The molecule has 0 saturated heterocycles. The number of hydrogen-bond donors (Lipinski definition) is 0. The zero-order chi connectivity index (χ0) is 19.8. The lowest BCUT2D eigenvalue weighted by Crippen LogP contribution is -2.32. The van der Waals surface area contributed by atoms with Crippen LogP contribution in [0.5, 0.6) is 5.75 Å². The molecule has 0 saturated carbocycles. The van der Waals surface area contributed by atoms with Gasteiger partial charge in [0.15, 0.2) is 6.73 Å². The van der Waals surface area contributed by atoms with Gasteiger partial charge in [-0.15, -0.1) is 0 Å². The molecule has 6 heteroatoms. The largest absolute Gasteiger partial charge is 0.471 e. The van der Waals surface area contributed by atoms with Crippen molar-refractivity contribution in [3.8, 4) is 5.75 Å². The maximum absolute atomic E-state index is 12.2. The van der Waals surface area contributed by atoms with Crippen LogP contribution < -0.4 is 15.3 Å². The summed E-state index contributed by atoms with van der Waals surface area (Å²) in [5, 5.41) is 1.45. The molecule has 0 bridgehead atoms. The van der Waals surface area contributed by atoms with Crippen molar-refractivity contribution in [1.29, 1.82) is 0 Å². The summed E-state index contributed by atoms with van der Waals surface area (Å²) >= 11 is 10.1. The number of rotatable bonds is 4. The van der Waals surface area contributed by atoms with Crippen LogP contribution in [0.3, 0.4) is 0 Å². The molecule has 2 heterocycles. The second-order valence-electron chi connectivity index (χ2n) is 7.14. The number of ether oxygens (including phenoxy) is 1. The van der Waals surface area contributed by atoms with Gasteiger partial charge in [0.05, 0.1) is 17.1 Å². The number of aryl methyl sites for hydroxylation is 2. The first-order valence-corrected chi connectivity index (χ1v) is 10.6. The van der Waals surface area contributed by atoms with Crippen molar-refractivity contribution in [2.75, 3.05) is 11.6 Å². The normalized spacial score (nSPS) is 13.5. The van der Waals surface area contributed by atoms with E-state index in [1.807, 2.05) is 12.1 Å². The van der Waals surface area contributed by atoms with Gasteiger partial charge >= 0.3 is 5.63 Å². The van der Waals surface area contributed by atoms with Gasteiger partial charge in [-0.25, -0.2) is 4.79 Å². The molecule has 146 valence electrons. The van der Waals surface area contributed by atoms with Crippen LogP contribution in [-0.4, -0.2) is 6.73 Å². The molecule has 1 aromatic heterocycles. The first-order chi connectivity index (χ1) is 13.5. The van der Waals surface area contributed by atoms with E-state index in [0.29, 0.717) is 29.6 Å². The molecule has 1 aliphatic rings. The molecule has 2 aromatic carbocycles. The third kappa shape index (κ3) is 3.53. The topological polar surface area (TPSA) is 42.7 Å². The van der Waals surface area contributed by atoms with E-state index in [0.717, 1.165) is 51.5 Å². The van der Waals surface area contributed by atoms with Crippen molar-refractivity contribution in [1.82, 2.24) is 0 Å². The van der Waals surface area contributed by atoms with Crippen molar-refractivity contribution >= 4 is 44.2 Å². The fraction of sp³-hybridized carbons (Fsp3) is 0.318. The highest BCUT2D eigenvalue weighted by molar-refractivity contribution is 9.10. The number of halogens is 2. The van der Waals surface area contributed by atoms with Crippen molar-refractivity contribution in [3.05, 3.63) is 66.9 Å². The summed E-state index contributed by atoms with van der Waals surface area (Å²) in [6.45, 7) is 5.15. The second-order valence-corrected chi connectivity index (χ2v) is 8.46. The van der Waals surface area contributed by atoms with Gasteiger partial charge in [-0.1, -0.05) is 40.9 Å². The minimum absolute atomic E-state index is 0.333. The van der Waals surface area contributed by atoms with Crippen molar-refractivity contribution in [2.24, 2.45) is 0 Å². The molecule has 3 aromatic rings. The molecule has 0 aliphatic carbocycles. The summed E-state index contributed by atoms with van der Waals surface area (Å²) in [6.07, 6.45) is 2.89. The fourth-order valence-electron chi connectivity index (χ4n) is 3.75. The minimum Gasteiger partial charge on any atom is -0.471 e. The number of nitrogens with zero attached hydrogens (tertiary/aromatic N) is 1. The number of fused-ring (bicyclic) bond motifs is 3. The summed E-state index contributed by atoms with van der Waals surface area (Å²) in [6, 6.07) is 9.59. The monoisotopic (exact) mass is 461 g/mol. The average molecular weight is 463 g/mol.